The van der Waals surface area contributed by atoms with Crippen LogP contribution in [0.4, 0.5) is 5.69 Å². The predicted molar refractivity (Wildman–Crippen MR) is 122 cm³/mol. The number of amides is 2. The standard InChI is InChI=1S/C24H30N4O3/c1-3-13-25-22(29)18-27-14-16-28(17-15-27)23(19-7-5-4-6-8-19)24(30)26-20-9-11-21(31-2)12-10-20/h3-12,23H,1,13-18H2,2H3,(H,25,29)(H,26,30). The molecule has 3 rings (SSSR count). The molecular weight excluding hydrogens is 392 g/mol. The molecule has 0 spiro atoms. The fraction of sp³-hybridized carbons (Fsp3) is 0.333. The third-order valence-electron chi connectivity index (χ3n) is 5.30. The van der Waals surface area contributed by atoms with Gasteiger partial charge in [0.25, 0.3) is 0 Å². The first-order valence-corrected chi connectivity index (χ1v) is 10.4. The lowest BCUT2D eigenvalue weighted by Gasteiger charge is -2.38. The van der Waals surface area contributed by atoms with Crippen LogP contribution < -0.4 is 15.4 Å². The lowest BCUT2D eigenvalue weighted by atomic mass is 10.0. The number of rotatable bonds is 9. The van der Waals surface area contributed by atoms with Gasteiger partial charge < -0.3 is 15.4 Å². The van der Waals surface area contributed by atoms with E-state index in [-0.39, 0.29) is 11.8 Å². The van der Waals surface area contributed by atoms with Crippen molar-refractivity contribution in [2.75, 3.05) is 51.7 Å². The number of nitrogens with zero attached hydrogens (tertiary/aromatic N) is 2. The summed E-state index contributed by atoms with van der Waals surface area (Å²) in [6.07, 6.45) is 1.67. The van der Waals surface area contributed by atoms with Crippen LogP contribution in [0.1, 0.15) is 11.6 Å². The predicted octanol–water partition coefficient (Wildman–Crippen LogP) is 2.29. The molecule has 7 heteroatoms. The Morgan fingerprint density at radius 1 is 1.06 bits per heavy atom. The number of hydrogen-bond acceptors (Lipinski definition) is 5. The van der Waals surface area contributed by atoms with Gasteiger partial charge in [-0.25, -0.2) is 0 Å². The molecular formula is C24H30N4O3. The molecule has 0 saturated carbocycles. The van der Waals surface area contributed by atoms with E-state index in [2.05, 4.69) is 27.0 Å². The molecule has 1 atom stereocenters. The molecule has 2 aromatic carbocycles. The summed E-state index contributed by atoms with van der Waals surface area (Å²) in [5, 5.41) is 5.84. The van der Waals surface area contributed by atoms with Crippen molar-refractivity contribution in [3.8, 4) is 5.75 Å². The average Bonchev–Trinajstić information content (AvgIpc) is 2.80. The zero-order valence-corrected chi connectivity index (χ0v) is 17.9. The van der Waals surface area contributed by atoms with Gasteiger partial charge in [0.1, 0.15) is 11.8 Å². The molecule has 2 amide bonds. The van der Waals surface area contributed by atoms with Crippen molar-refractivity contribution in [2.45, 2.75) is 6.04 Å². The molecule has 0 aromatic heterocycles. The summed E-state index contributed by atoms with van der Waals surface area (Å²) in [6, 6.07) is 16.7. The molecule has 0 aliphatic carbocycles. The molecule has 1 aliphatic rings. The lowest BCUT2D eigenvalue weighted by molar-refractivity contribution is -0.125. The summed E-state index contributed by atoms with van der Waals surface area (Å²) >= 11 is 0. The second kappa shape index (κ2) is 11.3. The Bertz CT molecular complexity index is 862. The first kappa shape index (κ1) is 22.5. The fourth-order valence-corrected chi connectivity index (χ4v) is 3.67. The Labute approximate surface area is 183 Å². The molecule has 1 saturated heterocycles. The number of carbonyl (C=O) groups excluding carboxylic acids is 2. The summed E-state index contributed by atoms with van der Waals surface area (Å²) < 4.78 is 5.19. The van der Waals surface area contributed by atoms with E-state index in [9.17, 15) is 9.59 Å². The molecule has 0 bridgehead atoms. The topological polar surface area (TPSA) is 73.9 Å². The minimum atomic E-state index is -0.403. The third-order valence-corrected chi connectivity index (χ3v) is 5.30. The second-order valence-corrected chi connectivity index (χ2v) is 7.44. The van der Waals surface area contributed by atoms with Crippen LogP contribution in [0.2, 0.25) is 0 Å². The Morgan fingerprint density at radius 3 is 2.35 bits per heavy atom. The van der Waals surface area contributed by atoms with Gasteiger partial charge in [-0.1, -0.05) is 36.4 Å². The van der Waals surface area contributed by atoms with E-state index in [1.165, 1.54) is 0 Å². The monoisotopic (exact) mass is 422 g/mol. The van der Waals surface area contributed by atoms with Gasteiger partial charge in [-0.2, -0.15) is 0 Å². The number of piperazine rings is 1. The highest BCUT2D eigenvalue weighted by Crippen LogP contribution is 2.25. The number of anilines is 1. The molecule has 1 heterocycles. The van der Waals surface area contributed by atoms with Gasteiger partial charge >= 0.3 is 0 Å². The minimum Gasteiger partial charge on any atom is -0.497 e. The van der Waals surface area contributed by atoms with E-state index < -0.39 is 6.04 Å². The van der Waals surface area contributed by atoms with Crippen LogP contribution >= 0.6 is 0 Å². The largest absolute Gasteiger partial charge is 0.497 e. The van der Waals surface area contributed by atoms with Crippen LogP contribution in [0.15, 0.2) is 67.3 Å². The first-order chi connectivity index (χ1) is 15.1. The normalized spacial score (nSPS) is 15.6. The van der Waals surface area contributed by atoms with Gasteiger partial charge in [-0.15, -0.1) is 6.58 Å². The highest BCUT2D eigenvalue weighted by atomic mass is 16.5. The Balaban J connectivity index is 1.66. The molecule has 1 unspecified atom stereocenters. The Kier molecular flexibility index (Phi) is 8.20. The van der Waals surface area contributed by atoms with Crippen LogP contribution in [-0.2, 0) is 9.59 Å². The molecule has 0 radical (unpaired) electrons. The first-order valence-electron chi connectivity index (χ1n) is 10.4. The number of carbonyl (C=O) groups is 2. The lowest BCUT2D eigenvalue weighted by Crippen LogP contribution is -2.52. The summed E-state index contributed by atoms with van der Waals surface area (Å²) in [4.78, 5) is 29.5. The zero-order valence-electron chi connectivity index (χ0n) is 17.9. The van der Waals surface area contributed by atoms with E-state index in [4.69, 9.17) is 4.74 Å². The van der Waals surface area contributed by atoms with Crippen molar-refractivity contribution in [2.24, 2.45) is 0 Å². The molecule has 7 nitrogen and oxygen atoms in total. The van der Waals surface area contributed by atoms with Gasteiger partial charge in [0.15, 0.2) is 0 Å². The van der Waals surface area contributed by atoms with Gasteiger partial charge in [-0.05, 0) is 29.8 Å². The summed E-state index contributed by atoms with van der Waals surface area (Å²) in [5.41, 5.74) is 1.68. The van der Waals surface area contributed by atoms with Crippen LogP contribution in [0.3, 0.4) is 0 Å². The SMILES string of the molecule is C=CCNC(=O)CN1CCN(C(C(=O)Nc2ccc(OC)cc2)c2ccccc2)CC1. The third kappa shape index (κ3) is 6.41. The summed E-state index contributed by atoms with van der Waals surface area (Å²) in [5.74, 6) is 0.657. The van der Waals surface area contributed by atoms with Crippen molar-refractivity contribution in [1.29, 1.82) is 0 Å². The van der Waals surface area contributed by atoms with Crippen molar-refractivity contribution in [3.63, 3.8) is 0 Å². The van der Waals surface area contributed by atoms with Gasteiger partial charge in [0.2, 0.25) is 11.8 Å². The molecule has 2 aromatic rings. The molecule has 164 valence electrons. The highest BCUT2D eigenvalue weighted by molar-refractivity contribution is 5.95. The van der Waals surface area contributed by atoms with E-state index in [1.54, 1.807) is 13.2 Å². The summed E-state index contributed by atoms with van der Waals surface area (Å²) in [6.45, 7) is 7.29. The molecule has 31 heavy (non-hydrogen) atoms. The van der Waals surface area contributed by atoms with Crippen LogP contribution in [0.25, 0.3) is 0 Å². The van der Waals surface area contributed by atoms with Crippen molar-refractivity contribution in [3.05, 3.63) is 72.8 Å². The smallest absolute Gasteiger partial charge is 0.246 e. The summed E-state index contributed by atoms with van der Waals surface area (Å²) in [7, 11) is 1.61. The van der Waals surface area contributed by atoms with E-state index >= 15 is 0 Å². The maximum Gasteiger partial charge on any atom is 0.246 e. The quantitative estimate of drug-likeness (QED) is 0.607. The second-order valence-electron chi connectivity index (χ2n) is 7.44. The molecule has 2 N–H and O–H groups in total. The van der Waals surface area contributed by atoms with Crippen molar-refractivity contribution >= 4 is 17.5 Å². The number of methoxy groups -OCH3 is 1. The average molecular weight is 423 g/mol. The maximum absolute atomic E-state index is 13.3. The molecule has 1 aliphatic heterocycles. The Morgan fingerprint density at radius 2 is 1.74 bits per heavy atom. The molecule has 1 fully saturated rings. The van der Waals surface area contributed by atoms with E-state index in [0.29, 0.717) is 26.2 Å². The van der Waals surface area contributed by atoms with Crippen molar-refractivity contribution in [1.82, 2.24) is 15.1 Å². The number of benzene rings is 2. The Hall–Kier alpha value is -3.16. The minimum absolute atomic E-state index is 0.00907. The van der Waals surface area contributed by atoms with Gasteiger partial charge in [-0.3, -0.25) is 19.4 Å². The van der Waals surface area contributed by atoms with E-state index in [1.807, 2.05) is 54.6 Å². The maximum atomic E-state index is 13.3. The van der Waals surface area contributed by atoms with Crippen molar-refractivity contribution < 1.29 is 14.3 Å². The number of nitrogens with one attached hydrogen (secondary N) is 2. The fourth-order valence-electron chi connectivity index (χ4n) is 3.67. The van der Waals surface area contributed by atoms with E-state index in [0.717, 1.165) is 30.1 Å². The zero-order chi connectivity index (χ0) is 22.1. The number of ether oxygens (including phenoxy) is 1. The van der Waals surface area contributed by atoms with Crippen LogP contribution in [0.5, 0.6) is 5.75 Å². The van der Waals surface area contributed by atoms with Crippen LogP contribution in [0, 0.1) is 0 Å². The van der Waals surface area contributed by atoms with Gasteiger partial charge in [0, 0.05) is 38.4 Å². The highest BCUT2D eigenvalue weighted by Gasteiger charge is 2.31. The number of hydrogen-bond donors (Lipinski definition) is 2. The van der Waals surface area contributed by atoms with Gasteiger partial charge in [0.05, 0.1) is 13.7 Å². The van der Waals surface area contributed by atoms with Crippen LogP contribution in [-0.4, -0.2) is 68.0 Å².